The van der Waals surface area contributed by atoms with E-state index in [1.807, 2.05) is 0 Å². The molecule has 26 heavy (non-hydrogen) atoms. The van der Waals surface area contributed by atoms with Crippen LogP contribution < -0.4 is 10.6 Å². The minimum atomic E-state index is 0. The van der Waals surface area contributed by atoms with Gasteiger partial charge in [-0.25, -0.2) is 0 Å². The number of guanidine groups is 1. The summed E-state index contributed by atoms with van der Waals surface area (Å²) in [5.41, 5.74) is 0. The molecule has 1 saturated heterocycles. The van der Waals surface area contributed by atoms with Gasteiger partial charge in [-0.1, -0.05) is 13.8 Å². The number of hydrogen-bond acceptors (Lipinski definition) is 3. The number of nitrogens with zero attached hydrogens (tertiary/aromatic N) is 2. The molecule has 1 aliphatic carbocycles. The summed E-state index contributed by atoms with van der Waals surface area (Å²) in [6.45, 7) is 15.0. The molecule has 0 aromatic carbocycles. The van der Waals surface area contributed by atoms with Crippen LogP contribution in [0.2, 0.25) is 0 Å². The van der Waals surface area contributed by atoms with Gasteiger partial charge in [0, 0.05) is 45.9 Å². The van der Waals surface area contributed by atoms with Crippen LogP contribution in [0.25, 0.3) is 0 Å². The Bertz CT molecular complexity index is 388. The van der Waals surface area contributed by atoms with Crippen molar-refractivity contribution < 1.29 is 4.74 Å². The van der Waals surface area contributed by atoms with Gasteiger partial charge < -0.3 is 20.3 Å². The maximum Gasteiger partial charge on any atom is 0.191 e. The van der Waals surface area contributed by atoms with E-state index >= 15 is 0 Å². The van der Waals surface area contributed by atoms with E-state index in [-0.39, 0.29) is 24.0 Å². The third-order valence-corrected chi connectivity index (χ3v) is 4.89. The van der Waals surface area contributed by atoms with Gasteiger partial charge in [0.15, 0.2) is 5.96 Å². The van der Waals surface area contributed by atoms with E-state index in [1.54, 1.807) is 0 Å². The zero-order chi connectivity index (χ0) is 17.9. The average Bonchev–Trinajstić information content (AvgIpc) is 3.39. The molecule has 0 amide bonds. The van der Waals surface area contributed by atoms with Crippen LogP contribution in [-0.2, 0) is 4.74 Å². The number of hydrogen-bond donors (Lipinski definition) is 2. The van der Waals surface area contributed by atoms with Crippen LogP contribution in [0.15, 0.2) is 4.99 Å². The zero-order valence-electron chi connectivity index (χ0n) is 17.1. The normalized spacial score (nSPS) is 21.5. The highest BCUT2D eigenvalue weighted by molar-refractivity contribution is 14.0. The number of likely N-dealkylation sites (tertiary alicyclic amines) is 1. The molecule has 0 aromatic heterocycles. The zero-order valence-corrected chi connectivity index (χ0v) is 19.5. The lowest BCUT2D eigenvalue weighted by Gasteiger charge is -2.33. The second kappa shape index (κ2) is 14.0. The largest absolute Gasteiger partial charge is 0.381 e. The number of ether oxygens (including phenoxy) is 1. The second-order valence-corrected chi connectivity index (χ2v) is 8.18. The van der Waals surface area contributed by atoms with Gasteiger partial charge in [-0.05, 0) is 63.3 Å². The van der Waals surface area contributed by atoms with Crippen molar-refractivity contribution in [1.82, 2.24) is 15.5 Å². The van der Waals surface area contributed by atoms with Gasteiger partial charge in [0.1, 0.15) is 0 Å². The SMILES string of the molecule is CCNC(=NCC1CCCN(CC(C)C)C1)NCCCOCC1CC1.I. The summed E-state index contributed by atoms with van der Waals surface area (Å²) in [7, 11) is 0. The van der Waals surface area contributed by atoms with E-state index < -0.39 is 0 Å². The fourth-order valence-electron chi connectivity index (χ4n) is 3.46. The molecule has 1 saturated carbocycles. The average molecular weight is 480 g/mol. The molecule has 0 radical (unpaired) electrons. The summed E-state index contributed by atoms with van der Waals surface area (Å²) in [4.78, 5) is 7.45. The number of piperidine rings is 1. The van der Waals surface area contributed by atoms with E-state index in [2.05, 4.69) is 36.3 Å². The molecule has 6 heteroatoms. The van der Waals surface area contributed by atoms with Crippen LogP contribution in [0.3, 0.4) is 0 Å². The molecule has 0 spiro atoms. The smallest absolute Gasteiger partial charge is 0.191 e. The summed E-state index contributed by atoms with van der Waals surface area (Å²) in [6, 6.07) is 0. The van der Waals surface area contributed by atoms with E-state index in [0.717, 1.165) is 57.1 Å². The van der Waals surface area contributed by atoms with E-state index in [1.165, 1.54) is 45.3 Å². The first-order valence-corrected chi connectivity index (χ1v) is 10.5. The van der Waals surface area contributed by atoms with E-state index in [0.29, 0.717) is 5.92 Å². The van der Waals surface area contributed by atoms with Gasteiger partial charge in [-0.3, -0.25) is 4.99 Å². The van der Waals surface area contributed by atoms with Crippen LogP contribution in [0.1, 0.15) is 52.9 Å². The molecular formula is C20H41IN4O. The highest BCUT2D eigenvalue weighted by Crippen LogP contribution is 2.28. The number of rotatable bonds is 11. The monoisotopic (exact) mass is 480 g/mol. The minimum absolute atomic E-state index is 0. The molecule has 2 rings (SSSR count). The number of halogens is 1. The van der Waals surface area contributed by atoms with Crippen molar-refractivity contribution in [3.8, 4) is 0 Å². The van der Waals surface area contributed by atoms with Crippen molar-refractivity contribution in [3.05, 3.63) is 0 Å². The molecule has 5 nitrogen and oxygen atoms in total. The molecule has 1 aliphatic heterocycles. The first kappa shape index (κ1) is 24.0. The Morgan fingerprint density at radius 2 is 2.00 bits per heavy atom. The van der Waals surface area contributed by atoms with Gasteiger partial charge in [-0.2, -0.15) is 0 Å². The lowest BCUT2D eigenvalue weighted by molar-refractivity contribution is 0.123. The summed E-state index contributed by atoms with van der Waals surface area (Å²) in [6.07, 6.45) is 6.40. The number of nitrogens with one attached hydrogen (secondary N) is 2. The summed E-state index contributed by atoms with van der Waals surface area (Å²) in [5.74, 6) is 3.27. The Hall–Kier alpha value is -0.0800. The first-order chi connectivity index (χ1) is 12.2. The van der Waals surface area contributed by atoms with Crippen molar-refractivity contribution >= 4 is 29.9 Å². The molecule has 2 N–H and O–H groups in total. The van der Waals surface area contributed by atoms with Gasteiger partial charge in [-0.15, -0.1) is 24.0 Å². The van der Waals surface area contributed by atoms with Crippen LogP contribution in [-0.4, -0.2) is 63.3 Å². The van der Waals surface area contributed by atoms with Crippen LogP contribution in [0, 0.1) is 17.8 Å². The Labute approximate surface area is 178 Å². The molecule has 1 heterocycles. The van der Waals surface area contributed by atoms with Crippen molar-refractivity contribution in [2.45, 2.75) is 52.9 Å². The molecule has 1 unspecified atom stereocenters. The highest BCUT2D eigenvalue weighted by Gasteiger charge is 2.21. The molecule has 0 aromatic rings. The van der Waals surface area contributed by atoms with E-state index in [4.69, 9.17) is 9.73 Å². The van der Waals surface area contributed by atoms with Gasteiger partial charge in [0.25, 0.3) is 0 Å². The minimum Gasteiger partial charge on any atom is -0.381 e. The molecule has 1 atom stereocenters. The summed E-state index contributed by atoms with van der Waals surface area (Å²) in [5, 5.41) is 6.82. The van der Waals surface area contributed by atoms with Gasteiger partial charge in [0.05, 0.1) is 0 Å². The quantitative estimate of drug-likeness (QED) is 0.206. The van der Waals surface area contributed by atoms with Crippen molar-refractivity contribution in [3.63, 3.8) is 0 Å². The van der Waals surface area contributed by atoms with E-state index in [9.17, 15) is 0 Å². The lowest BCUT2D eigenvalue weighted by Crippen LogP contribution is -2.41. The van der Waals surface area contributed by atoms with Crippen LogP contribution in [0.5, 0.6) is 0 Å². The molecule has 0 bridgehead atoms. The van der Waals surface area contributed by atoms with Crippen LogP contribution >= 0.6 is 24.0 Å². The Morgan fingerprint density at radius 3 is 2.69 bits per heavy atom. The Morgan fingerprint density at radius 1 is 1.19 bits per heavy atom. The van der Waals surface area contributed by atoms with Crippen molar-refractivity contribution in [1.29, 1.82) is 0 Å². The topological polar surface area (TPSA) is 48.9 Å². The second-order valence-electron chi connectivity index (χ2n) is 8.18. The van der Waals surface area contributed by atoms with Gasteiger partial charge in [0.2, 0.25) is 0 Å². The Kier molecular flexibility index (Phi) is 12.9. The van der Waals surface area contributed by atoms with Gasteiger partial charge >= 0.3 is 0 Å². The third-order valence-electron chi connectivity index (χ3n) is 4.89. The summed E-state index contributed by atoms with van der Waals surface area (Å²) >= 11 is 0. The predicted octanol–water partition coefficient (Wildman–Crippen LogP) is 3.34. The molecular weight excluding hydrogens is 439 g/mol. The lowest BCUT2D eigenvalue weighted by atomic mass is 9.97. The standard InChI is InChI=1S/C20H40N4O.HI/c1-4-21-20(22-10-6-12-25-16-18-8-9-18)23-13-19-7-5-11-24(15-19)14-17(2)3;/h17-19H,4-16H2,1-3H3,(H2,21,22,23);1H. The fourth-order valence-corrected chi connectivity index (χ4v) is 3.46. The van der Waals surface area contributed by atoms with Crippen molar-refractivity contribution in [2.75, 3.05) is 52.5 Å². The molecule has 2 aliphatic rings. The first-order valence-electron chi connectivity index (χ1n) is 10.5. The third kappa shape index (κ3) is 10.9. The van der Waals surface area contributed by atoms with Crippen LogP contribution in [0.4, 0.5) is 0 Å². The highest BCUT2D eigenvalue weighted by atomic mass is 127. The molecule has 2 fully saturated rings. The number of aliphatic imine (C=N–C) groups is 1. The fraction of sp³-hybridized carbons (Fsp3) is 0.950. The van der Waals surface area contributed by atoms with Crippen molar-refractivity contribution in [2.24, 2.45) is 22.7 Å². The summed E-state index contributed by atoms with van der Waals surface area (Å²) < 4.78 is 5.69. The maximum absolute atomic E-state index is 5.69. The Balaban J connectivity index is 0.00000338. The maximum atomic E-state index is 5.69. The molecule has 154 valence electrons. The predicted molar refractivity (Wildman–Crippen MR) is 122 cm³/mol.